The lowest BCUT2D eigenvalue weighted by Gasteiger charge is -2.36. The van der Waals surface area contributed by atoms with Crippen molar-refractivity contribution in [3.63, 3.8) is 0 Å². The smallest absolute Gasteiger partial charge is 0.333 e. The third-order valence-electron chi connectivity index (χ3n) is 7.70. The Bertz CT molecular complexity index is 1820. The van der Waals surface area contributed by atoms with Crippen LogP contribution in [0.1, 0.15) is 28.3 Å². The van der Waals surface area contributed by atoms with Crippen LogP contribution in [0.5, 0.6) is 5.88 Å². The maximum atomic E-state index is 13.2. The Hall–Kier alpha value is -5.96. The number of benzene rings is 4. The number of hydrogen-bond donors (Lipinski definition) is 2. The van der Waals surface area contributed by atoms with E-state index in [1.807, 2.05) is 65.3 Å². The van der Waals surface area contributed by atoms with Crippen molar-refractivity contribution in [1.82, 2.24) is 20.1 Å². The van der Waals surface area contributed by atoms with Crippen molar-refractivity contribution in [2.75, 3.05) is 19.5 Å². The van der Waals surface area contributed by atoms with Gasteiger partial charge in [-0.2, -0.15) is 0 Å². The summed E-state index contributed by atoms with van der Waals surface area (Å²) >= 11 is 0. The van der Waals surface area contributed by atoms with Gasteiger partial charge in [0.1, 0.15) is 11.4 Å². The molecule has 0 saturated carbocycles. The number of amides is 2. The zero-order valence-electron chi connectivity index (χ0n) is 24.8. The quantitative estimate of drug-likeness (QED) is 0.149. The summed E-state index contributed by atoms with van der Waals surface area (Å²) in [4.78, 5) is 30.3. The molecule has 0 radical (unpaired) electrons. The molecule has 4 aromatic carbocycles. The molecule has 0 aliphatic rings. The van der Waals surface area contributed by atoms with Gasteiger partial charge >= 0.3 is 12.0 Å². The Morgan fingerprint density at radius 2 is 1.27 bits per heavy atom. The largest absolute Gasteiger partial charge is 0.479 e. The highest BCUT2D eigenvalue weighted by Gasteiger charge is 2.41. The van der Waals surface area contributed by atoms with Crippen LogP contribution in [0.25, 0.3) is 10.9 Å². The number of methoxy groups -OCH3 is 2. The summed E-state index contributed by atoms with van der Waals surface area (Å²) in [5.41, 5.74) is 3.25. The molecule has 2 aromatic heterocycles. The minimum Gasteiger partial charge on any atom is -0.479 e. The van der Waals surface area contributed by atoms with E-state index in [0.717, 1.165) is 16.7 Å². The molecule has 0 fully saturated rings. The Labute approximate surface area is 260 Å². The minimum atomic E-state index is -1.01. The maximum Gasteiger partial charge on any atom is 0.333 e. The summed E-state index contributed by atoms with van der Waals surface area (Å²) < 4.78 is 12.6. The molecule has 0 unspecified atom stereocenters. The molecule has 9 nitrogen and oxygen atoms in total. The van der Waals surface area contributed by atoms with Crippen molar-refractivity contribution < 1.29 is 19.1 Å². The van der Waals surface area contributed by atoms with Crippen LogP contribution < -0.4 is 15.4 Å². The zero-order valence-corrected chi connectivity index (χ0v) is 24.8. The number of rotatable bonds is 9. The topological polar surface area (TPSA) is 107 Å². The highest BCUT2D eigenvalue weighted by Crippen LogP contribution is 2.43. The van der Waals surface area contributed by atoms with E-state index in [-0.39, 0.29) is 5.82 Å². The van der Waals surface area contributed by atoms with E-state index in [9.17, 15) is 9.59 Å². The average molecular weight is 598 g/mol. The molecule has 45 heavy (non-hydrogen) atoms. The van der Waals surface area contributed by atoms with Crippen molar-refractivity contribution in [1.29, 1.82) is 0 Å². The normalized spacial score (nSPS) is 11.9. The molecule has 0 saturated heterocycles. The van der Waals surface area contributed by atoms with E-state index >= 15 is 0 Å². The number of carbonyl (C=O) groups is 2. The molecule has 2 amide bonds. The van der Waals surface area contributed by atoms with Gasteiger partial charge in [0.15, 0.2) is 6.04 Å². The van der Waals surface area contributed by atoms with E-state index in [0.29, 0.717) is 22.3 Å². The number of fused-ring (bicyclic) bond motifs is 1. The molecular weight excluding hydrogens is 566 g/mol. The Morgan fingerprint density at radius 1 is 0.756 bits per heavy atom. The van der Waals surface area contributed by atoms with Gasteiger partial charge in [-0.1, -0.05) is 121 Å². The molecule has 2 heterocycles. The maximum absolute atomic E-state index is 13.2. The molecule has 9 heteroatoms. The molecule has 1 atom stereocenters. The number of ether oxygens (including phenoxy) is 2. The number of urea groups is 1. The predicted octanol–water partition coefficient (Wildman–Crippen LogP) is 6.32. The highest BCUT2D eigenvalue weighted by molar-refractivity contribution is 5.94. The predicted molar refractivity (Wildman–Crippen MR) is 172 cm³/mol. The number of pyridine rings is 1. The van der Waals surface area contributed by atoms with E-state index in [2.05, 4.69) is 52.0 Å². The van der Waals surface area contributed by atoms with E-state index in [1.165, 1.54) is 7.11 Å². The number of hydrogen-bond acceptors (Lipinski definition) is 6. The van der Waals surface area contributed by atoms with Gasteiger partial charge in [0.05, 0.1) is 25.1 Å². The van der Waals surface area contributed by atoms with Crippen LogP contribution in [0.2, 0.25) is 0 Å². The van der Waals surface area contributed by atoms with Crippen molar-refractivity contribution in [3.05, 3.63) is 156 Å². The Balaban J connectivity index is 1.50. The summed E-state index contributed by atoms with van der Waals surface area (Å²) in [7, 11) is 2.85. The lowest BCUT2D eigenvalue weighted by atomic mass is 9.77. The molecule has 0 aliphatic carbocycles. The number of nitrogens with zero attached hydrogens (tertiary/aromatic N) is 3. The number of aromatic nitrogens is 3. The zero-order chi connectivity index (χ0) is 31.2. The van der Waals surface area contributed by atoms with Crippen molar-refractivity contribution in [2.45, 2.75) is 11.6 Å². The molecule has 224 valence electrons. The number of carbonyl (C=O) groups excluding carboxylic acids is 2. The van der Waals surface area contributed by atoms with Crippen LogP contribution in [0.4, 0.5) is 10.6 Å². The van der Waals surface area contributed by atoms with E-state index in [4.69, 9.17) is 14.6 Å². The summed E-state index contributed by atoms with van der Waals surface area (Å²) in [6.45, 7) is 0. The third kappa shape index (κ3) is 5.47. The first-order valence-electron chi connectivity index (χ1n) is 14.4. The van der Waals surface area contributed by atoms with Crippen LogP contribution in [-0.4, -0.2) is 41.0 Å². The van der Waals surface area contributed by atoms with E-state index < -0.39 is 23.6 Å². The van der Waals surface area contributed by atoms with Gasteiger partial charge in [0, 0.05) is 12.3 Å². The number of nitrogens with one attached hydrogen (secondary N) is 2. The molecule has 0 aliphatic heterocycles. The number of esters is 1. The van der Waals surface area contributed by atoms with Gasteiger partial charge < -0.3 is 14.8 Å². The second kappa shape index (κ2) is 12.7. The van der Waals surface area contributed by atoms with Gasteiger partial charge in [0.25, 0.3) is 0 Å². The molecule has 0 bridgehead atoms. The van der Waals surface area contributed by atoms with Crippen LogP contribution in [0.15, 0.2) is 134 Å². The summed E-state index contributed by atoms with van der Waals surface area (Å²) in [5.74, 6) is 0.0417. The van der Waals surface area contributed by atoms with Crippen LogP contribution in [0, 0.1) is 0 Å². The second-order valence-electron chi connectivity index (χ2n) is 10.3. The SMILES string of the molecule is COC(=O)[C@@H](NC(=O)Nc1cc2c(cn1)c(OC)nn2C(c1ccccc1)(c1ccccc1)c1ccccc1)c1ccccc1. The average Bonchev–Trinajstić information content (AvgIpc) is 3.47. The summed E-state index contributed by atoms with van der Waals surface area (Å²) in [5, 5.41) is 11.2. The Morgan fingerprint density at radius 3 is 1.76 bits per heavy atom. The lowest BCUT2D eigenvalue weighted by molar-refractivity contribution is -0.143. The molecule has 6 rings (SSSR count). The second-order valence-corrected chi connectivity index (χ2v) is 10.3. The van der Waals surface area contributed by atoms with Crippen LogP contribution in [-0.2, 0) is 15.1 Å². The van der Waals surface area contributed by atoms with Crippen molar-refractivity contribution in [2.24, 2.45) is 0 Å². The molecular formula is C36H31N5O4. The molecule has 0 spiro atoms. The third-order valence-corrected chi connectivity index (χ3v) is 7.70. The van der Waals surface area contributed by atoms with Gasteiger partial charge in [-0.15, -0.1) is 5.10 Å². The molecule has 2 N–H and O–H groups in total. The minimum absolute atomic E-state index is 0.253. The van der Waals surface area contributed by atoms with Gasteiger partial charge in [-0.3, -0.25) is 5.32 Å². The summed E-state index contributed by atoms with van der Waals surface area (Å²) in [6.07, 6.45) is 1.62. The van der Waals surface area contributed by atoms with Crippen molar-refractivity contribution >= 4 is 28.7 Å². The lowest BCUT2D eigenvalue weighted by Crippen LogP contribution is -2.38. The molecule has 6 aromatic rings. The fourth-order valence-electron chi connectivity index (χ4n) is 5.69. The first-order valence-corrected chi connectivity index (χ1v) is 14.4. The fraction of sp³-hybridized carbons (Fsp3) is 0.111. The summed E-state index contributed by atoms with van der Waals surface area (Å²) in [6, 6.07) is 39.4. The van der Waals surface area contributed by atoms with Crippen molar-refractivity contribution in [3.8, 4) is 5.88 Å². The standard InChI is InChI=1S/C36H31N5O4/c1-44-33-29-24-37-31(38-35(43)39-32(34(42)45-2)25-15-7-3-8-16-25)23-30(29)41(40-33)36(26-17-9-4-10-18-26,27-19-11-5-12-20-27)28-21-13-6-14-22-28/h3-24,32H,1-2H3,(H2,37,38,39,43)/t32-/m0/s1. The van der Waals surface area contributed by atoms with Crippen LogP contribution in [0.3, 0.4) is 0 Å². The van der Waals surface area contributed by atoms with Gasteiger partial charge in [-0.05, 0) is 22.3 Å². The first-order chi connectivity index (χ1) is 22.1. The van der Waals surface area contributed by atoms with Crippen LogP contribution >= 0.6 is 0 Å². The van der Waals surface area contributed by atoms with E-state index in [1.54, 1.807) is 43.6 Å². The van der Waals surface area contributed by atoms with Gasteiger partial charge in [0.2, 0.25) is 5.88 Å². The highest BCUT2D eigenvalue weighted by atomic mass is 16.5. The van der Waals surface area contributed by atoms with Gasteiger partial charge in [-0.25, -0.2) is 19.3 Å². The monoisotopic (exact) mass is 597 g/mol. The fourth-order valence-corrected chi connectivity index (χ4v) is 5.69. The number of anilines is 1. The first kappa shape index (κ1) is 29.1. The Kier molecular flexibility index (Phi) is 8.24.